The number of nitrogens with one attached hydrogen (secondary N) is 1. The number of carbonyl (C=O) groups excluding carboxylic acids is 1. The molecule has 0 radical (unpaired) electrons. The van der Waals surface area contributed by atoms with E-state index in [9.17, 15) is 4.79 Å². The van der Waals surface area contributed by atoms with E-state index in [1.54, 1.807) is 39.5 Å². The fourth-order valence-corrected chi connectivity index (χ4v) is 3.71. The molecule has 1 atom stereocenters. The van der Waals surface area contributed by atoms with Crippen molar-refractivity contribution in [3.63, 3.8) is 0 Å². The van der Waals surface area contributed by atoms with Gasteiger partial charge in [-0.1, -0.05) is 23.9 Å². The maximum Gasteiger partial charge on any atom is 0.234 e. The monoisotopic (exact) mass is 458 g/mol. The summed E-state index contributed by atoms with van der Waals surface area (Å²) >= 11 is 1.27. The molecule has 0 fully saturated rings. The van der Waals surface area contributed by atoms with Crippen LogP contribution in [-0.2, 0) is 11.8 Å². The zero-order chi connectivity index (χ0) is 23.1. The summed E-state index contributed by atoms with van der Waals surface area (Å²) in [4.78, 5) is 12.5. The number of thioether (sulfide) groups is 1. The van der Waals surface area contributed by atoms with Crippen molar-refractivity contribution < 1.29 is 23.7 Å². The van der Waals surface area contributed by atoms with Crippen LogP contribution in [0.5, 0.6) is 23.0 Å². The van der Waals surface area contributed by atoms with Gasteiger partial charge in [-0.3, -0.25) is 4.79 Å². The minimum atomic E-state index is -0.368. The van der Waals surface area contributed by atoms with Crippen LogP contribution in [0.2, 0.25) is 0 Å². The number of amides is 1. The third-order valence-electron chi connectivity index (χ3n) is 4.62. The zero-order valence-electron chi connectivity index (χ0n) is 18.6. The van der Waals surface area contributed by atoms with E-state index in [4.69, 9.17) is 18.9 Å². The molecular weight excluding hydrogens is 432 g/mol. The molecular formula is C22H26N4O5S. The Kier molecular flexibility index (Phi) is 7.82. The molecule has 1 amide bonds. The third kappa shape index (κ3) is 5.44. The maximum absolute atomic E-state index is 12.5. The Labute approximate surface area is 191 Å². The first-order chi connectivity index (χ1) is 15.5. The Bertz CT molecular complexity index is 1070. The van der Waals surface area contributed by atoms with Crippen molar-refractivity contribution in [1.82, 2.24) is 14.8 Å². The summed E-state index contributed by atoms with van der Waals surface area (Å²) in [6, 6.07) is 12.6. The third-order valence-corrected chi connectivity index (χ3v) is 5.64. The van der Waals surface area contributed by atoms with Gasteiger partial charge >= 0.3 is 0 Å². The number of hydrogen-bond acceptors (Lipinski definition) is 8. The van der Waals surface area contributed by atoms with E-state index in [2.05, 4.69) is 15.5 Å². The van der Waals surface area contributed by atoms with Gasteiger partial charge in [-0.25, -0.2) is 0 Å². The van der Waals surface area contributed by atoms with Crippen LogP contribution in [0.25, 0.3) is 0 Å². The molecule has 0 bridgehead atoms. The molecule has 2 aromatic carbocycles. The number of para-hydroxylation sites is 2. The molecule has 0 saturated heterocycles. The molecule has 0 aliphatic heterocycles. The van der Waals surface area contributed by atoms with Gasteiger partial charge in [0.25, 0.3) is 0 Å². The topological polar surface area (TPSA) is 96.7 Å². The van der Waals surface area contributed by atoms with E-state index in [0.29, 0.717) is 39.7 Å². The van der Waals surface area contributed by atoms with Gasteiger partial charge in [-0.15, -0.1) is 10.2 Å². The second-order valence-electron chi connectivity index (χ2n) is 6.71. The highest BCUT2D eigenvalue weighted by atomic mass is 32.2. The number of nitrogens with zero attached hydrogens (tertiary/aromatic N) is 3. The summed E-state index contributed by atoms with van der Waals surface area (Å²) in [5.74, 6) is 3.00. The van der Waals surface area contributed by atoms with Crippen LogP contribution in [0.1, 0.15) is 18.9 Å². The molecule has 3 rings (SSSR count). The van der Waals surface area contributed by atoms with Crippen molar-refractivity contribution in [3.05, 3.63) is 48.3 Å². The minimum Gasteiger partial charge on any atom is -0.497 e. The fourth-order valence-electron chi connectivity index (χ4n) is 2.99. The summed E-state index contributed by atoms with van der Waals surface area (Å²) < 4.78 is 23.7. The predicted octanol–water partition coefficient (Wildman–Crippen LogP) is 3.71. The van der Waals surface area contributed by atoms with Crippen LogP contribution in [0.3, 0.4) is 0 Å². The number of ether oxygens (including phenoxy) is 4. The van der Waals surface area contributed by atoms with Crippen molar-refractivity contribution >= 4 is 23.4 Å². The van der Waals surface area contributed by atoms with Crippen LogP contribution < -0.4 is 24.3 Å². The standard InChI is InChI=1S/C22H26N4O5S/c1-14(31-19-9-7-6-8-18(19)30-5)21-24-25-22(26(21)2)32-13-20(27)23-16-12-15(28-3)10-11-17(16)29-4/h6-12,14H,13H2,1-5H3,(H,23,27). The molecule has 1 N–H and O–H groups in total. The van der Waals surface area contributed by atoms with Gasteiger partial charge in [-0.2, -0.15) is 0 Å². The molecule has 0 spiro atoms. The van der Waals surface area contributed by atoms with Gasteiger partial charge in [0.2, 0.25) is 5.91 Å². The first-order valence-electron chi connectivity index (χ1n) is 9.80. The molecule has 0 saturated carbocycles. The Morgan fingerprint density at radius 1 is 1.03 bits per heavy atom. The summed E-state index contributed by atoms with van der Waals surface area (Å²) in [7, 11) is 6.54. The number of rotatable bonds is 10. The van der Waals surface area contributed by atoms with Crippen molar-refractivity contribution in [2.45, 2.75) is 18.2 Å². The van der Waals surface area contributed by atoms with Crippen molar-refractivity contribution in [3.8, 4) is 23.0 Å². The highest BCUT2D eigenvalue weighted by Gasteiger charge is 2.19. The van der Waals surface area contributed by atoms with Gasteiger partial charge in [0.15, 0.2) is 28.6 Å². The number of anilines is 1. The van der Waals surface area contributed by atoms with E-state index in [-0.39, 0.29) is 17.8 Å². The first kappa shape index (κ1) is 23.3. The molecule has 1 aromatic heterocycles. The van der Waals surface area contributed by atoms with Crippen LogP contribution in [0.4, 0.5) is 5.69 Å². The maximum atomic E-state index is 12.5. The van der Waals surface area contributed by atoms with Crippen LogP contribution >= 0.6 is 11.8 Å². The SMILES string of the molecule is COc1ccc(OC)c(NC(=O)CSc2nnc(C(C)Oc3ccccc3OC)n2C)c1. The lowest BCUT2D eigenvalue weighted by Crippen LogP contribution is -2.15. The highest BCUT2D eigenvalue weighted by molar-refractivity contribution is 7.99. The molecule has 1 heterocycles. The van der Waals surface area contributed by atoms with Gasteiger partial charge in [0, 0.05) is 13.1 Å². The highest BCUT2D eigenvalue weighted by Crippen LogP contribution is 2.31. The van der Waals surface area contributed by atoms with E-state index in [0.717, 1.165) is 0 Å². The summed E-state index contributed by atoms with van der Waals surface area (Å²) in [6.45, 7) is 1.88. The molecule has 10 heteroatoms. The smallest absolute Gasteiger partial charge is 0.234 e. The van der Waals surface area contributed by atoms with E-state index in [1.807, 2.05) is 42.8 Å². The lowest BCUT2D eigenvalue weighted by molar-refractivity contribution is -0.113. The van der Waals surface area contributed by atoms with Gasteiger partial charge in [-0.05, 0) is 31.2 Å². The van der Waals surface area contributed by atoms with Crippen molar-refractivity contribution in [1.29, 1.82) is 0 Å². The van der Waals surface area contributed by atoms with Gasteiger partial charge in [0.1, 0.15) is 11.5 Å². The van der Waals surface area contributed by atoms with E-state index in [1.165, 1.54) is 11.8 Å². The molecule has 9 nitrogen and oxygen atoms in total. The number of carbonyl (C=O) groups is 1. The average Bonchev–Trinajstić information content (AvgIpc) is 3.18. The molecule has 170 valence electrons. The molecule has 32 heavy (non-hydrogen) atoms. The molecule has 0 aliphatic rings. The van der Waals surface area contributed by atoms with Crippen molar-refractivity contribution in [2.75, 3.05) is 32.4 Å². The lowest BCUT2D eigenvalue weighted by atomic mass is 10.2. The summed E-state index contributed by atoms with van der Waals surface area (Å²) in [5, 5.41) is 11.9. The molecule has 1 unspecified atom stereocenters. The van der Waals surface area contributed by atoms with Crippen LogP contribution in [0.15, 0.2) is 47.6 Å². The van der Waals surface area contributed by atoms with Crippen molar-refractivity contribution in [2.24, 2.45) is 7.05 Å². The number of benzene rings is 2. The number of aromatic nitrogens is 3. The van der Waals surface area contributed by atoms with Crippen LogP contribution in [0, 0.1) is 0 Å². The normalized spacial score (nSPS) is 11.5. The van der Waals surface area contributed by atoms with Gasteiger partial charge < -0.3 is 28.8 Å². The second-order valence-corrected chi connectivity index (χ2v) is 7.66. The largest absolute Gasteiger partial charge is 0.497 e. The predicted molar refractivity (Wildman–Crippen MR) is 122 cm³/mol. The second kappa shape index (κ2) is 10.8. The Morgan fingerprint density at radius 3 is 2.44 bits per heavy atom. The minimum absolute atomic E-state index is 0.147. The fraction of sp³-hybridized carbons (Fsp3) is 0.318. The first-order valence-corrected chi connectivity index (χ1v) is 10.8. The number of hydrogen-bond donors (Lipinski definition) is 1. The Morgan fingerprint density at radius 2 is 1.75 bits per heavy atom. The van der Waals surface area contributed by atoms with Crippen LogP contribution in [-0.4, -0.2) is 47.8 Å². The number of methoxy groups -OCH3 is 3. The van der Waals surface area contributed by atoms with E-state index >= 15 is 0 Å². The molecule has 3 aromatic rings. The average molecular weight is 459 g/mol. The molecule has 0 aliphatic carbocycles. The summed E-state index contributed by atoms with van der Waals surface area (Å²) in [6.07, 6.45) is -0.368. The van der Waals surface area contributed by atoms with E-state index < -0.39 is 0 Å². The van der Waals surface area contributed by atoms with Gasteiger partial charge in [0.05, 0.1) is 32.8 Å². The lowest BCUT2D eigenvalue weighted by Gasteiger charge is -2.16. The Balaban J connectivity index is 1.63. The summed E-state index contributed by atoms with van der Waals surface area (Å²) in [5.41, 5.74) is 0.537. The Hall–Kier alpha value is -3.40. The zero-order valence-corrected chi connectivity index (χ0v) is 19.4. The quantitative estimate of drug-likeness (QED) is 0.459.